The van der Waals surface area contributed by atoms with Crippen molar-refractivity contribution in [1.82, 2.24) is 0 Å². The van der Waals surface area contributed by atoms with Gasteiger partial charge in [0, 0.05) is 17.1 Å². The largest absolute Gasteiger partial charge is 0.366 e. The second-order valence-electron chi connectivity index (χ2n) is 5.43. The Balaban J connectivity index is 1.79. The maximum atomic E-state index is 5.42. The molecule has 0 saturated heterocycles. The third kappa shape index (κ3) is 3.29. The lowest BCUT2D eigenvalue weighted by molar-refractivity contribution is 0.694. The molecule has 0 amide bonds. The fraction of sp³-hybridized carbons (Fsp3) is 0.333. The van der Waals surface area contributed by atoms with Gasteiger partial charge in [-0.3, -0.25) is 0 Å². The summed E-state index contributed by atoms with van der Waals surface area (Å²) in [6.45, 7) is 4.70. The third-order valence-corrected chi connectivity index (χ3v) is 4.76. The number of rotatable bonds is 2. The average molecular weight is 296 g/mol. The van der Waals surface area contributed by atoms with Gasteiger partial charge < -0.3 is 10.6 Å². The van der Waals surface area contributed by atoms with E-state index >= 15 is 0 Å². The summed E-state index contributed by atoms with van der Waals surface area (Å²) in [5.74, 6) is 6.03. The van der Waals surface area contributed by atoms with Gasteiger partial charge in [0.15, 0.2) is 0 Å². The minimum Gasteiger partial charge on any atom is -0.366 e. The van der Waals surface area contributed by atoms with E-state index in [1.165, 1.54) is 34.5 Å². The molecule has 3 rings (SSSR count). The predicted molar refractivity (Wildman–Crippen MR) is 90.8 cm³/mol. The summed E-state index contributed by atoms with van der Waals surface area (Å²) in [6, 6.07) is 11.1. The molecule has 3 heteroatoms. The molecular weight excluding hydrogens is 276 g/mol. The van der Waals surface area contributed by atoms with Crippen LogP contribution >= 0.6 is 11.3 Å². The van der Waals surface area contributed by atoms with Crippen LogP contribution in [0.25, 0.3) is 0 Å². The summed E-state index contributed by atoms with van der Waals surface area (Å²) >= 11 is 1.77. The molecule has 0 bridgehead atoms. The van der Waals surface area contributed by atoms with E-state index in [2.05, 4.69) is 54.0 Å². The van der Waals surface area contributed by atoms with E-state index in [1.54, 1.807) is 11.3 Å². The van der Waals surface area contributed by atoms with Crippen molar-refractivity contribution in [1.29, 1.82) is 0 Å². The first-order chi connectivity index (χ1) is 10.3. The van der Waals surface area contributed by atoms with Crippen molar-refractivity contribution in [3.63, 3.8) is 0 Å². The lowest BCUT2D eigenvalue weighted by atomic mass is 9.99. The van der Waals surface area contributed by atoms with Crippen LogP contribution in [0.2, 0.25) is 0 Å². The van der Waals surface area contributed by atoms with Crippen LogP contribution in [0.1, 0.15) is 27.3 Å². The van der Waals surface area contributed by atoms with Gasteiger partial charge in [-0.25, -0.2) is 0 Å². The first kappa shape index (κ1) is 14.2. The molecule has 2 nitrogen and oxygen atoms in total. The molecule has 0 fully saturated rings. The van der Waals surface area contributed by atoms with Gasteiger partial charge in [-0.2, -0.15) is 0 Å². The SMILES string of the molecule is Cc1ccc2c(c1)CCCN2Cc1ccc(C#CCN)s1. The van der Waals surface area contributed by atoms with Gasteiger partial charge in [0.2, 0.25) is 0 Å². The number of aryl methyl sites for hydroxylation is 2. The Kier molecular flexibility index (Phi) is 4.28. The first-order valence-electron chi connectivity index (χ1n) is 7.38. The van der Waals surface area contributed by atoms with Crippen LogP contribution in [-0.2, 0) is 13.0 Å². The van der Waals surface area contributed by atoms with Crippen LogP contribution in [0.15, 0.2) is 30.3 Å². The fourth-order valence-corrected chi connectivity index (χ4v) is 3.72. The van der Waals surface area contributed by atoms with Crippen molar-refractivity contribution >= 4 is 17.0 Å². The molecule has 0 radical (unpaired) electrons. The molecular formula is C18H20N2S. The van der Waals surface area contributed by atoms with E-state index in [-0.39, 0.29) is 0 Å². The number of nitrogens with zero attached hydrogens (tertiary/aromatic N) is 1. The molecule has 2 aromatic rings. The second-order valence-corrected chi connectivity index (χ2v) is 6.60. The molecule has 1 aromatic carbocycles. The van der Waals surface area contributed by atoms with E-state index in [4.69, 9.17) is 5.73 Å². The highest BCUT2D eigenvalue weighted by atomic mass is 32.1. The highest BCUT2D eigenvalue weighted by molar-refractivity contribution is 7.12. The zero-order valence-corrected chi connectivity index (χ0v) is 13.2. The van der Waals surface area contributed by atoms with Crippen molar-refractivity contribution in [2.24, 2.45) is 5.73 Å². The minimum absolute atomic E-state index is 0.423. The van der Waals surface area contributed by atoms with Gasteiger partial charge >= 0.3 is 0 Å². The number of nitrogens with two attached hydrogens (primary N) is 1. The molecule has 2 N–H and O–H groups in total. The van der Waals surface area contributed by atoms with E-state index < -0.39 is 0 Å². The number of fused-ring (bicyclic) bond motifs is 1. The molecule has 108 valence electrons. The van der Waals surface area contributed by atoms with Gasteiger partial charge in [0.05, 0.1) is 18.0 Å². The van der Waals surface area contributed by atoms with E-state index in [0.717, 1.165) is 18.0 Å². The average Bonchev–Trinajstić information content (AvgIpc) is 2.92. The second kappa shape index (κ2) is 6.34. The van der Waals surface area contributed by atoms with Crippen LogP contribution in [0.3, 0.4) is 0 Å². The summed E-state index contributed by atoms with van der Waals surface area (Å²) < 4.78 is 0. The van der Waals surface area contributed by atoms with Crippen molar-refractivity contribution in [3.05, 3.63) is 51.2 Å². The van der Waals surface area contributed by atoms with Gasteiger partial charge in [0.1, 0.15) is 0 Å². The Morgan fingerprint density at radius 2 is 2.19 bits per heavy atom. The summed E-state index contributed by atoms with van der Waals surface area (Å²) in [4.78, 5) is 4.96. The van der Waals surface area contributed by atoms with Crippen molar-refractivity contribution in [2.45, 2.75) is 26.3 Å². The third-order valence-electron chi connectivity index (χ3n) is 3.77. The Bertz CT molecular complexity index is 691. The monoisotopic (exact) mass is 296 g/mol. The predicted octanol–water partition coefficient (Wildman–Crippen LogP) is 3.32. The van der Waals surface area contributed by atoms with Crippen molar-refractivity contribution in [3.8, 4) is 11.8 Å². The molecule has 0 aliphatic carbocycles. The Hall–Kier alpha value is -1.76. The lowest BCUT2D eigenvalue weighted by Crippen LogP contribution is -2.28. The topological polar surface area (TPSA) is 29.3 Å². The summed E-state index contributed by atoms with van der Waals surface area (Å²) in [7, 11) is 0. The van der Waals surface area contributed by atoms with Gasteiger partial charge in [-0.1, -0.05) is 29.5 Å². The molecule has 0 spiro atoms. The Morgan fingerprint density at radius 1 is 1.29 bits per heavy atom. The van der Waals surface area contributed by atoms with Crippen molar-refractivity contribution < 1.29 is 0 Å². The number of benzene rings is 1. The number of anilines is 1. The van der Waals surface area contributed by atoms with Crippen LogP contribution in [0.5, 0.6) is 0 Å². The van der Waals surface area contributed by atoms with E-state index in [9.17, 15) is 0 Å². The normalized spacial score (nSPS) is 13.5. The quantitative estimate of drug-likeness (QED) is 0.861. The van der Waals surface area contributed by atoms with Crippen LogP contribution in [0, 0.1) is 18.8 Å². The highest BCUT2D eigenvalue weighted by Gasteiger charge is 2.17. The van der Waals surface area contributed by atoms with Crippen LogP contribution in [0.4, 0.5) is 5.69 Å². The standard InChI is InChI=1S/C18H20N2S/c1-14-6-9-18-15(12-14)4-3-11-20(18)13-17-8-7-16(21-17)5-2-10-19/h6-9,12H,3-4,10-11,13,19H2,1H3. The zero-order valence-electron chi connectivity index (χ0n) is 12.4. The van der Waals surface area contributed by atoms with Crippen LogP contribution in [-0.4, -0.2) is 13.1 Å². The lowest BCUT2D eigenvalue weighted by Gasteiger charge is -2.31. The van der Waals surface area contributed by atoms with Gasteiger partial charge in [-0.15, -0.1) is 11.3 Å². The number of hydrogen-bond donors (Lipinski definition) is 1. The maximum Gasteiger partial charge on any atom is 0.0772 e. The molecule has 0 atom stereocenters. The fourth-order valence-electron chi connectivity index (χ4n) is 2.82. The smallest absolute Gasteiger partial charge is 0.0772 e. The maximum absolute atomic E-state index is 5.42. The molecule has 0 unspecified atom stereocenters. The molecule has 2 heterocycles. The molecule has 1 aliphatic rings. The molecule has 1 aromatic heterocycles. The van der Waals surface area contributed by atoms with Gasteiger partial charge in [-0.05, 0) is 43.5 Å². The van der Waals surface area contributed by atoms with Gasteiger partial charge in [0.25, 0.3) is 0 Å². The molecule has 21 heavy (non-hydrogen) atoms. The van der Waals surface area contributed by atoms with E-state index in [0.29, 0.717) is 6.54 Å². The highest BCUT2D eigenvalue weighted by Crippen LogP contribution is 2.30. The summed E-state index contributed by atoms with van der Waals surface area (Å²) in [6.07, 6.45) is 2.44. The molecule has 0 saturated carbocycles. The van der Waals surface area contributed by atoms with E-state index in [1.807, 2.05) is 0 Å². The Morgan fingerprint density at radius 3 is 3.05 bits per heavy atom. The number of hydrogen-bond acceptors (Lipinski definition) is 3. The first-order valence-corrected chi connectivity index (χ1v) is 8.20. The molecule has 1 aliphatic heterocycles. The Labute approximate surface area is 130 Å². The van der Waals surface area contributed by atoms with Crippen molar-refractivity contribution in [2.75, 3.05) is 18.0 Å². The zero-order chi connectivity index (χ0) is 14.7. The minimum atomic E-state index is 0.423. The summed E-state index contributed by atoms with van der Waals surface area (Å²) in [5, 5.41) is 0. The number of thiophene rings is 1. The summed E-state index contributed by atoms with van der Waals surface area (Å²) in [5.41, 5.74) is 9.66. The van der Waals surface area contributed by atoms with Crippen LogP contribution < -0.4 is 10.6 Å².